The minimum atomic E-state index is -0.429. The Morgan fingerprint density at radius 2 is 1.50 bits per heavy atom. The maximum absolute atomic E-state index is 13.2. The van der Waals surface area contributed by atoms with Crippen molar-refractivity contribution in [1.82, 2.24) is 10.2 Å². The lowest BCUT2D eigenvalue weighted by Gasteiger charge is -2.20. The molecule has 1 heterocycles. The molecule has 0 saturated carbocycles. The first-order valence-corrected chi connectivity index (χ1v) is 11.5. The third-order valence-electron chi connectivity index (χ3n) is 6.02. The molecule has 1 fully saturated rings. The van der Waals surface area contributed by atoms with E-state index in [0.29, 0.717) is 6.54 Å². The maximum Gasteiger partial charge on any atom is 0.246 e. The van der Waals surface area contributed by atoms with Crippen molar-refractivity contribution in [2.24, 2.45) is 0 Å². The molecule has 1 aliphatic heterocycles. The summed E-state index contributed by atoms with van der Waals surface area (Å²) in [6.07, 6.45) is 2.63. The van der Waals surface area contributed by atoms with Gasteiger partial charge in [-0.1, -0.05) is 60.7 Å². The molecule has 0 radical (unpaired) electrons. The van der Waals surface area contributed by atoms with E-state index in [-0.39, 0.29) is 5.91 Å². The van der Waals surface area contributed by atoms with Crippen LogP contribution in [-0.4, -0.2) is 23.9 Å². The lowest BCUT2D eigenvalue weighted by atomic mass is 10.0. The highest BCUT2D eigenvalue weighted by molar-refractivity contribution is 5.95. The van der Waals surface area contributed by atoms with Crippen LogP contribution in [-0.2, 0) is 17.9 Å². The third-order valence-corrected chi connectivity index (χ3v) is 6.02. The number of nitrogens with one attached hydrogen (secondary N) is 2. The number of hydrogen-bond donors (Lipinski definition) is 2. The summed E-state index contributed by atoms with van der Waals surface area (Å²) < 4.78 is 0. The van der Waals surface area contributed by atoms with E-state index in [0.717, 1.165) is 28.9 Å². The molecular weight excluding hydrogens is 394 g/mol. The Balaban J connectivity index is 1.43. The second kappa shape index (κ2) is 10.6. The van der Waals surface area contributed by atoms with Gasteiger partial charge in [-0.05, 0) is 79.7 Å². The quantitative estimate of drug-likeness (QED) is 0.508. The predicted molar refractivity (Wildman–Crippen MR) is 132 cm³/mol. The number of likely N-dealkylation sites (tertiary alicyclic amines) is 1. The Kier molecular flexibility index (Phi) is 7.35. The molecule has 4 rings (SSSR count). The van der Waals surface area contributed by atoms with E-state index in [2.05, 4.69) is 45.9 Å². The van der Waals surface area contributed by atoms with E-state index in [9.17, 15) is 4.79 Å². The largest absolute Gasteiger partial charge is 0.324 e. The van der Waals surface area contributed by atoms with Gasteiger partial charge >= 0.3 is 0 Å². The molecule has 3 aromatic carbocycles. The number of anilines is 1. The van der Waals surface area contributed by atoms with Gasteiger partial charge in [0.2, 0.25) is 5.91 Å². The lowest BCUT2D eigenvalue weighted by molar-refractivity contribution is -0.118. The van der Waals surface area contributed by atoms with E-state index in [1.807, 2.05) is 56.3 Å². The van der Waals surface area contributed by atoms with Crippen molar-refractivity contribution >= 4 is 11.6 Å². The van der Waals surface area contributed by atoms with Crippen LogP contribution >= 0.6 is 0 Å². The van der Waals surface area contributed by atoms with Crippen LogP contribution in [0, 0.1) is 13.8 Å². The maximum atomic E-state index is 13.2. The summed E-state index contributed by atoms with van der Waals surface area (Å²) in [5, 5.41) is 6.57. The predicted octanol–water partition coefficient (Wildman–Crippen LogP) is 5.37. The molecule has 32 heavy (non-hydrogen) atoms. The number of hydrogen-bond acceptors (Lipinski definition) is 3. The van der Waals surface area contributed by atoms with Gasteiger partial charge in [-0.25, -0.2) is 0 Å². The van der Waals surface area contributed by atoms with E-state index in [1.165, 1.54) is 37.1 Å². The molecule has 0 aromatic heterocycles. The molecule has 0 bridgehead atoms. The number of carbonyl (C=O) groups is 1. The number of carbonyl (C=O) groups excluding carboxylic acids is 1. The van der Waals surface area contributed by atoms with Gasteiger partial charge in [0.1, 0.15) is 6.04 Å². The van der Waals surface area contributed by atoms with Crippen LogP contribution in [0.1, 0.15) is 46.7 Å². The molecule has 2 N–H and O–H groups in total. The van der Waals surface area contributed by atoms with Crippen LogP contribution in [0.25, 0.3) is 0 Å². The second-order valence-corrected chi connectivity index (χ2v) is 8.89. The van der Waals surface area contributed by atoms with Gasteiger partial charge in [0.05, 0.1) is 0 Å². The van der Waals surface area contributed by atoms with Crippen LogP contribution in [0.3, 0.4) is 0 Å². The number of rotatable bonds is 8. The number of amides is 1. The van der Waals surface area contributed by atoms with Crippen molar-refractivity contribution in [1.29, 1.82) is 0 Å². The summed E-state index contributed by atoms with van der Waals surface area (Å²) in [6.45, 7) is 8.16. The van der Waals surface area contributed by atoms with E-state index in [4.69, 9.17) is 0 Å². The minimum absolute atomic E-state index is 0.0492. The highest BCUT2D eigenvalue weighted by Gasteiger charge is 2.20. The Morgan fingerprint density at radius 3 is 2.16 bits per heavy atom. The fraction of sp³-hybridized carbons (Fsp3) is 0.321. The van der Waals surface area contributed by atoms with Crippen LogP contribution in [0.15, 0.2) is 72.8 Å². The summed E-state index contributed by atoms with van der Waals surface area (Å²) >= 11 is 0. The number of benzene rings is 3. The van der Waals surface area contributed by atoms with Crippen molar-refractivity contribution in [2.45, 2.75) is 45.8 Å². The zero-order chi connectivity index (χ0) is 22.3. The average Bonchev–Trinajstić information content (AvgIpc) is 3.28. The third kappa shape index (κ3) is 6.06. The van der Waals surface area contributed by atoms with Gasteiger partial charge in [-0.3, -0.25) is 15.0 Å². The normalized spacial score (nSPS) is 14.9. The average molecular weight is 428 g/mol. The first-order chi connectivity index (χ1) is 15.6. The van der Waals surface area contributed by atoms with Crippen molar-refractivity contribution in [3.8, 4) is 0 Å². The van der Waals surface area contributed by atoms with E-state index >= 15 is 0 Å². The van der Waals surface area contributed by atoms with Gasteiger partial charge in [0, 0.05) is 18.8 Å². The lowest BCUT2D eigenvalue weighted by Crippen LogP contribution is -2.32. The van der Waals surface area contributed by atoms with Crippen LogP contribution in [0.5, 0.6) is 0 Å². The van der Waals surface area contributed by atoms with Gasteiger partial charge in [0.15, 0.2) is 0 Å². The van der Waals surface area contributed by atoms with Crippen molar-refractivity contribution < 1.29 is 4.79 Å². The van der Waals surface area contributed by atoms with Crippen LogP contribution in [0.4, 0.5) is 5.69 Å². The van der Waals surface area contributed by atoms with Crippen LogP contribution in [0.2, 0.25) is 0 Å². The zero-order valence-corrected chi connectivity index (χ0v) is 19.1. The summed E-state index contributed by atoms with van der Waals surface area (Å²) in [4.78, 5) is 15.7. The molecule has 4 nitrogen and oxygen atoms in total. The fourth-order valence-electron chi connectivity index (χ4n) is 4.45. The SMILES string of the molecule is Cc1cc(C)cc(NC(=O)[C@@H](NCc2ccc(CN3CCCC3)cc2)c2ccccc2)c1. The standard InChI is InChI=1S/C28H33N3O/c1-21-16-22(2)18-26(17-21)30-28(32)27(25-8-4-3-5-9-25)29-19-23-10-12-24(13-11-23)20-31-14-6-7-15-31/h3-5,8-13,16-18,27,29H,6-7,14-15,19-20H2,1-2H3,(H,30,32)/t27-/m0/s1. The highest BCUT2D eigenvalue weighted by Crippen LogP contribution is 2.20. The topological polar surface area (TPSA) is 44.4 Å². The Bertz CT molecular complexity index is 1000. The molecule has 0 unspecified atom stereocenters. The smallest absolute Gasteiger partial charge is 0.246 e. The molecule has 1 amide bonds. The second-order valence-electron chi connectivity index (χ2n) is 8.89. The molecule has 166 valence electrons. The first-order valence-electron chi connectivity index (χ1n) is 11.5. The zero-order valence-electron chi connectivity index (χ0n) is 19.1. The highest BCUT2D eigenvalue weighted by atomic mass is 16.2. The molecule has 0 spiro atoms. The fourth-order valence-corrected chi connectivity index (χ4v) is 4.45. The van der Waals surface area contributed by atoms with Gasteiger partial charge in [0.25, 0.3) is 0 Å². The Morgan fingerprint density at radius 1 is 0.875 bits per heavy atom. The Hall–Kier alpha value is -2.95. The molecule has 1 aliphatic rings. The van der Waals surface area contributed by atoms with Crippen molar-refractivity contribution in [3.05, 3.63) is 101 Å². The summed E-state index contributed by atoms with van der Waals surface area (Å²) in [6, 6.07) is 24.4. The van der Waals surface area contributed by atoms with Crippen LogP contribution < -0.4 is 10.6 Å². The van der Waals surface area contributed by atoms with Gasteiger partial charge in [-0.15, -0.1) is 0 Å². The van der Waals surface area contributed by atoms with E-state index < -0.39 is 6.04 Å². The summed E-state index contributed by atoms with van der Waals surface area (Å²) in [5.74, 6) is -0.0492. The minimum Gasteiger partial charge on any atom is -0.324 e. The molecule has 1 saturated heterocycles. The first kappa shape index (κ1) is 22.3. The van der Waals surface area contributed by atoms with E-state index in [1.54, 1.807) is 0 Å². The molecule has 0 aliphatic carbocycles. The molecular formula is C28H33N3O. The summed E-state index contributed by atoms with van der Waals surface area (Å²) in [7, 11) is 0. The summed E-state index contributed by atoms with van der Waals surface area (Å²) in [5.41, 5.74) is 6.59. The number of aryl methyl sites for hydroxylation is 2. The molecule has 4 heteroatoms. The number of nitrogens with zero attached hydrogens (tertiary/aromatic N) is 1. The molecule has 3 aromatic rings. The monoisotopic (exact) mass is 427 g/mol. The Labute approximate surface area is 191 Å². The molecule has 1 atom stereocenters. The van der Waals surface area contributed by atoms with Crippen molar-refractivity contribution in [2.75, 3.05) is 18.4 Å². The van der Waals surface area contributed by atoms with Gasteiger partial charge < -0.3 is 5.32 Å². The van der Waals surface area contributed by atoms with Crippen molar-refractivity contribution in [3.63, 3.8) is 0 Å². The van der Waals surface area contributed by atoms with Gasteiger partial charge in [-0.2, -0.15) is 0 Å².